The van der Waals surface area contributed by atoms with Crippen LogP contribution < -0.4 is 10.6 Å². The van der Waals surface area contributed by atoms with Gasteiger partial charge in [0.25, 0.3) is 0 Å². The van der Waals surface area contributed by atoms with E-state index in [1.807, 2.05) is 49.6 Å². The first-order valence-corrected chi connectivity index (χ1v) is 25.8. The number of methoxy groups -OCH3 is 1. The number of imidazole rings is 2. The first-order valence-electron chi connectivity index (χ1n) is 22.3. The Labute approximate surface area is 368 Å². The third-order valence-electron chi connectivity index (χ3n) is 13.1. The van der Waals surface area contributed by atoms with Crippen LogP contribution >= 0.6 is 0 Å². The standard InChI is InChI=1S/C48H60N8O6Si/c1-27(2)41(52-40(58)24-57)46(59)55(33-11-9-8-10-12-33)23-39-49-36-19-15-31-21-29(13-17-34(31)43(36)51-39)30-14-18-35-32(22-30)16-20-37-44(35)53-45(50-37)38-25-63(6,7)26-56(38)47(60)42(28(3)4)54-48(61)62-5/h13-22,27-28,33,38,41-42,57H,8-12,23-26H2,1-7H3,(H,49,51)(H,50,53)(H,52,58)(H,54,61). The topological polar surface area (TPSA) is 186 Å². The molecule has 6 aromatic rings. The van der Waals surface area contributed by atoms with E-state index in [1.54, 1.807) is 0 Å². The zero-order chi connectivity index (χ0) is 44.7. The van der Waals surface area contributed by atoms with Gasteiger partial charge in [0.1, 0.15) is 30.3 Å². The molecule has 63 heavy (non-hydrogen) atoms. The van der Waals surface area contributed by atoms with Crippen LogP contribution in [-0.2, 0) is 25.7 Å². The third kappa shape index (κ3) is 8.90. The van der Waals surface area contributed by atoms with Crippen molar-refractivity contribution in [1.29, 1.82) is 0 Å². The predicted molar refractivity (Wildman–Crippen MR) is 248 cm³/mol. The summed E-state index contributed by atoms with van der Waals surface area (Å²) in [6, 6.07) is 20.4. The van der Waals surface area contributed by atoms with E-state index in [1.165, 1.54) is 7.11 Å². The van der Waals surface area contributed by atoms with Gasteiger partial charge in [0.15, 0.2) is 0 Å². The maximum absolute atomic E-state index is 14.1. The van der Waals surface area contributed by atoms with Crippen LogP contribution in [0.1, 0.15) is 77.5 Å². The number of benzene rings is 4. The van der Waals surface area contributed by atoms with Gasteiger partial charge in [-0.25, -0.2) is 14.8 Å². The summed E-state index contributed by atoms with van der Waals surface area (Å²) in [4.78, 5) is 73.6. The van der Waals surface area contributed by atoms with Crippen molar-refractivity contribution in [1.82, 2.24) is 40.4 Å². The fraction of sp³-hybridized carbons (Fsp3) is 0.458. The summed E-state index contributed by atoms with van der Waals surface area (Å²) in [5.41, 5.74) is 5.63. The smallest absolute Gasteiger partial charge is 0.407 e. The SMILES string of the molecule is COC(=O)NC(C(=O)N1C[Si](C)(C)CC1c1nc2ccc3cc(-c4ccc5c(ccc6nc(CN(C(=O)C(NC(=O)CO)C(C)C)C7CCCCC7)[nH]c65)c4)ccc3c2[nH]1)C(C)C. The molecule has 3 unspecified atom stereocenters. The van der Waals surface area contributed by atoms with Crippen molar-refractivity contribution >= 4 is 75.5 Å². The number of hydrogen-bond acceptors (Lipinski definition) is 8. The molecule has 332 valence electrons. The largest absolute Gasteiger partial charge is 0.453 e. The maximum Gasteiger partial charge on any atom is 0.407 e. The molecule has 2 aromatic heterocycles. The zero-order valence-electron chi connectivity index (χ0n) is 37.4. The molecule has 0 spiro atoms. The number of aromatic nitrogens is 4. The molecule has 0 bridgehead atoms. The normalized spacial score (nSPS) is 17.8. The molecule has 2 aliphatic rings. The van der Waals surface area contributed by atoms with E-state index >= 15 is 0 Å². The van der Waals surface area contributed by atoms with Gasteiger partial charge in [-0.3, -0.25) is 14.4 Å². The fourth-order valence-corrected chi connectivity index (χ4v) is 12.6. The number of nitrogens with zero attached hydrogens (tertiary/aromatic N) is 4. The van der Waals surface area contributed by atoms with Crippen molar-refractivity contribution in [2.75, 3.05) is 19.9 Å². The molecular weight excluding hydrogens is 813 g/mol. The third-order valence-corrected chi connectivity index (χ3v) is 15.8. The van der Waals surface area contributed by atoms with Gasteiger partial charge in [0, 0.05) is 23.0 Å². The number of ether oxygens (including phenoxy) is 1. The molecule has 8 rings (SSSR count). The molecule has 14 nitrogen and oxygen atoms in total. The summed E-state index contributed by atoms with van der Waals surface area (Å²) in [5.74, 6) is 0.344. The lowest BCUT2D eigenvalue weighted by atomic mass is 9.92. The lowest BCUT2D eigenvalue weighted by Crippen LogP contribution is -2.54. The Morgan fingerprint density at radius 1 is 0.825 bits per heavy atom. The number of carbonyl (C=O) groups excluding carboxylic acids is 4. The minimum atomic E-state index is -1.79. The molecule has 0 radical (unpaired) electrons. The number of aliphatic hydroxyl groups is 1. The highest BCUT2D eigenvalue weighted by Crippen LogP contribution is 2.40. The number of alkyl carbamates (subject to hydrolysis) is 1. The molecule has 1 saturated carbocycles. The van der Waals surface area contributed by atoms with E-state index < -0.39 is 38.8 Å². The number of hydrogen-bond donors (Lipinski definition) is 5. The summed E-state index contributed by atoms with van der Waals surface area (Å²) in [6.07, 6.45) is 5.09. The molecule has 1 aliphatic carbocycles. The number of rotatable bonds is 12. The molecule has 1 saturated heterocycles. The molecule has 3 heterocycles. The van der Waals surface area contributed by atoms with Gasteiger partial charge in [0.05, 0.1) is 49.8 Å². The summed E-state index contributed by atoms with van der Waals surface area (Å²) in [6.45, 7) is 11.9. The molecule has 4 aromatic carbocycles. The van der Waals surface area contributed by atoms with E-state index in [0.29, 0.717) is 18.5 Å². The minimum Gasteiger partial charge on any atom is -0.453 e. The highest BCUT2D eigenvalue weighted by atomic mass is 28.3. The Morgan fingerprint density at radius 3 is 2.02 bits per heavy atom. The second kappa shape index (κ2) is 17.8. The number of nitrogens with one attached hydrogen (secondary N) is 4. The Morgan fingerprint density at radius 2 is 1.43 bits per heavy atom. The highest BCUT2D eigenvalue weighted by Gasteiger charge is 2.46. The molecule has 3 atom stereocenters. The predicted octanol–water partition coefficient (Wildman–Crippen LogP) is 7.72. The second-order valence-corrected chi connectivity index (χ2v) is 24.1. The monoisotopic (exact) mass is 872 g/mol. The molecule has 5 N–H and O–H groups in total. The van der Waals surface area contributed by atoms with Gasteiger partial charge in [0.2, 0.25) is 17.7 Å². The number of aliphatic hydroxyl groups excluding tert-OH is 1. The van der Waals surface area contributed by atoms with Crippen molar-refractivity contribution in [3.63, 3.8) is 0 Å². The number of carbonyl (C=O) groups is 4. The van der Waals surface area contributed by atoms with E-state index in [0.717, 1.165) is 98.7 Å². The molecule has 4 amide bonds. The van der Waals surface area contributed by atoms with E-state index in [9.17, 15) is 24.3 Å². The number of fused-ring (bicyclic) bond motifs is 6. The number of amides is 4. The van der Waals surface area contributed by atoms with Gasteiger partial charge < -0.3 is 40.2 Å². The Bertz CT molecular complexity index is 2700. The van der Waals surface area contributed by atoms with Crippen LogP contribution in [0.5, 0.6) is 0 Å². The molecule has 15 heteroatoms. The second-order valence-electron chi connectivity index (χ2n) is 19.0. The summed E-state index contributed by atoms with van der Waals surface area (Å²) in [7, 11) is -0.485. The minimum absolute atomic E-state index is 0.0440. The first-order chi connectivity index (χ1) is 30.1. The van der Waals surface area contributed by atoms with E-state index in [-0.39, 0.29) is 35.7 Å². The highest BCUT2D eigenvalue weighted by molar-refractivity contribution is 6.78. The quantitative estimate of drug-likeness (QED) is 0.0774. The Balaban J connectivity index is 1.06. The fourth-order valence-electron chi connectivity index (χ4n) is 9.76. The van der Waals surface area contributed by atoms with Crippen molar-refractivity contribution < 1.29 is 29.0 Å². The van der Waals surface area contributed by atoms with E-state index in [2.05, 4.69) is 82.2 Å². The van der Waals surface area contributed by atoms with Gasteiger partial charge in [-0.1, -0.05) is 96.4 Å². The Hall–Kier alpha value is -5.80. The van der Waals surface area contributed by atoms with Crippen LogP contribution in [0.25, 0.3) is 54.7 Å². The van der Waals surface area contributed by atoms with Crippen LogP contribution in [0.3, 0.4) is 0 Å². The van der Waals surface area contributed by atoms with Crippen molar-refractivity contribution in [3.8, 4) is 11.1 Å². The lowest BCUT2D eigenvalue weighted by molar-refractivity contribution is -0.141. The molecule has 1 aliphatic heterocycles. The summed E-state index contributed by atoms with van der Waals surface area (Å²) in [5, 5.41) is 19.1. The van der Waals surface area contributed by atoms with Crippen LogP contribution in [0.4, 0.5) is 4.79 Å². The summed E-state index contributed by atoms with van der Waals surface area (Å²) < 4.78 is 4.84. The summed E-state index contributed by atoms with van der Waals surface area (Å²) >= 11 is 0. The average molecular weight is 873 g/mol. The maximum atomic E-state index is 14.1. The van der Waals surface area contributed by atoms with Crippen LogP contribution in [-0.4, -0.2) is 105 Å². The average Bonchev–Trinajstić information content (AvgIpc) is 4.00. The van der Waals surface area contributed by atoms with Gasteiger partial charge in [-0.2, -0.15) is 0 Å². The van der Waals surface area contributed by atoms with Gasteiger partial charge >= 0.3 is 6.09 Å². The van der Waals surface area contributed by atoms with Gasteiger partial charge in [-0.05, 0) is 76.9 Å². The number of H-pyrrole nitrogens is 2. The first kappa shape index (κ1) is 43.8. The Kier molecular flexibility index (Phi) is 12.4. The molecular formula is C48H60N8O6Si. The van der Waals surface area contributed by atoms with Crippen LogP contribution in [0, 0.1) is 11.8 Å². The molecule has 2 fully saturated rings. The number of aromatic amines is 2. The van der Waals surface area contributed by atoms with Crippen LogP contribution in [0.2, 0.25) is 19.1 Å². The van der Waals surface area contributed by atoms with E-state index in [4.69, 9.17) is 14.7 Å². The van der Waals surface area contributed by atoms with Crippen molar-refractivity contribution in [2.45, 2.75) is 110 Å². The van der Waals surface area contributed by atoms with Crippen molar-refractivity contribution in [3.05, 3.63) is 72.3 Å². The van der Waals surface area contributed by atoms with Crippen molar-refractivity contribution in [2.24, 2.45) is 11.8 Å². The van der Waals surface area contributed by atoms with Crippen LogP contribution in [0.15, 0.2) is 60.7 Å². The lowest BCUT2D eigenvalue weighted by Gasteiger charge is -2.37. The van der Waals surface area contributed by atoms with Gasteiger partial charge in [-0.15, -0.1) is 0 Å². The zero-order valence-corrected chi connectivity index (χ0v) is 38.4.